The lowest BCUT2D eigenvalue weighted by atomic mass is 9.97. The van der Waals surface area contributed by atoms with E-state index in [2.05, 4.69) is 52.1 Å². The van der Waals surface area contributed by atoms with Crippen molar-refractivity contribution in [2.75, 3.05) is 6.54 Å². The van der Waals surface area contributed by atoms with E-state index in [0.717, 1.165) is 6.54 Å². The van der Waals surface area contributed by atoms with Crippen LogP contribution in [0, 0.1) is 20.8 Å². The summed E-state index contributed by atoms with van der Waals surface area (Å²) in [7, 11) is 0. The topological polar surface area (TPSA) is 12.0 Å². The zero-order valence-electron chi connectivity index (χ0n) is 12.1. The summed E-state index contributed by atoms with van der Waals surface area (Å²) in [4.78, 5) is 0. The second-order valence-electron chi connectivity index (χ2n) is 5.43. The van der Waals surface area contributed by atoms with Crippen LogP contribution in [0.5, 0.6) is 0 Å². The first-order chi connectivity index (χ1) is 8.00. The summed E-state index contributed by atoms with van der Waals surface area (Å²) >= 11 is 0. The Morgan fingerprint density at radius 3 is 2.24 bits per heavy atom. The fourth-order valence-electron chi connectivity index (χ4n) is 2.12. The van der Waals surface area contributed by atoms with Crippen molar-refractivity contribution in [3.63, 3.8) is 0 Å². The molecule has 0 spiro atoms. The van der Waals surface area contributed by atoms with E-state index in [1.54, 1.807) is 0 Å². The Morgan fingerprint density at radius 1 is 0.941 bits per heavy atom. The predicted molar refractivity (Wildman–Crippen MR) is 76.7 cm³/mol. The molecular weight excluding hydrogens is 206 g/mol. The van der Waals surface area contributed by atoms with Crippen LogP contribution in [0.4, 0.5) is 0 Å². The molecule has 0 aromatic heterocycles. The van der Waals surface area contributed by atoms with E-state index in [4.69, 9.17) is 0 Å². The molecule has 1 aromatic carbocycles. The highest BCUT2D eigenvalue weighted by Gasteiger charge is 2.02. The zero-order chi connectivity index (χ0) is 12.8. The van der Waals surface area contributed by atoms with Crippen LogP contribution in [-0.2, 0) is 6.42 Å². The zero-order valence-corrected chi connectivity index (χ0v) is 12.1. The second-order valence-corrected chi connectivity index (χ2v) is 5.43. The van der Waals surface area contributed by atoms with Gasteiger partial charge in [-0.2, -0.15) is 0 Å². The molecule has 0 heterocycles. The van der Waals surface area contributed by atoms with Crippen molar-refractivity contribution < 1.29 is 0 Å². The highest BCUT2D eigenvalue weighted by Crippen LogP contribution is 2.17. The van der Waals surface area contributed by atoms with E-state index in [1.165, 1.54) is 41.5 Å². The van der Waals surface area contributed by atoms with Crippen LogP contribution in [0.15, 0.2) is 12.1 Å². The molecule has 0 aliphatic heterocycles. The lowest BCUT2D eigenvalue weighted by Gasteiger charge is -2.11. The maximum absolute atomic E-state index is 3.47. The monoisotopic (exact) mass is 233 g/mol. The second kappa shape index (κ2) is 6.80. The molecule has 96 valence electrons. The minimum Gasteiger partial charge on any atom is -0.315 e. The number of aryl methyl sites for hydroxylation is 4. The van der Waals surface area contributed by atoms with E-state index in [-0.39, 0.29) is 0 Å². The van der Waals surface area contributed by atoms with Crippen molar-refractivity contribution in [3.8, 4) is 0 Å². The molecule has 1 N–H and O–H groups in total. The molecule has 0 saturated carbocycles. The quantitative estimate of drug-likeness (QED) is 0.734. The lowest BCUT2D eigenvalue weighted by Crippen LogP contribution is -2.23. The van der Waals surface area contributed by atoms with Crippen molar-refractivity contribution in [1.29, 1.82) is 0 Å². The van der Waals surface area contributed by atoms with Crippen molar-refractivity contribution in [3.05, 3.63) is 34.4 Å². The molecule has 0 saturated heterocycles. The Morgan fingerprint density at radius 2 is 1.59 bits per heavy atom. The molecule has 0 fully saturated rings. The molecule has 0 amide bonds. The van der Waals surface area contributed by atoms with Crippen LogP contribution in [-0.4, -0.2) is 12.6 Å². The molecule has 0 aliphatic carbocycles. The number of unbranched alkanes of at least 4 members (excludes halogenated alkanes) is 1. The molecule has 0 radical (unpaired) electrons. The minimum absolute atomic E-state index is 0.610. The van der Waals surface area contributed by atoms with Gasteiger partial charge >= 0.3 is 0 Å². The Bertz CT molecular complexity index is 353. The number of benzene rings is 1. The average Bonchev–Trinajstić information content (AvgIpc) is 2.24. The Kier molecular flexibility index (Phi) is 5.70. The van der Waals surface area contributed by atoms with Gasteiger partial charge in [0.1, 0.15) is 0 Å². The fraction of sp³-hybridized carbons (Fsp3) is 0.625. The molecule has 1 heteroatoms. The molecule has 1 nitrogen and oxygen atoms in total. The van der Waals surface area contributed by atoms with Gasteiger partial charge in [0, 0.05) is 6.04 Å². The third kappa shape index (κ3) is 4.91. The van der Waals surface area contributed by atoms with E-state index in [1.807, 2.05) is 0 Å². The van der Waals surface area contributed by atoms with Crippen LogP contribution in [0.2, 0.25) is 0 Å². The predicted octanol–water partition coefficient (Wildman–Crippen LogP) is 3.93. The summed E-state index contributed by atoms with van der Waals surface area (Å²) in [6, 6.07) is 5.29. The van der Waals surface area contributed by atoms with Gasteiger partial charge in [-0.05, 0) is 68.8 Å². The van der Waals surface area contributed by atoms with E-state index in [0.29, 0.717) is 6.04 Å². The first-order valence-corrected chi connectivity index (χ1v) is 6.81. The average molecular weight is 233 g/mol. The number of nitrogens with one attached hydrogen (secondary N) is 1. The number of hydrogen-bond acceptors (Lipinski definition) is 1. The minimum atomic E-state index is 0.610. The molecule has 17 heavy (non-hydrogen) atoms. The number of rotatable bonds is 6. The van der Waals surface area contributed by atoms with Crippen LogP contribution in [0.1, 0.15) is 48.9 Å². The largest absolute Gasteiger partial charge is 0.315 e. The Labute approximate surface area is 107 Å². The summed E-state index contributed by atoms with van der Waals surface area (Å²) in [6.45, 7) is 12.2. The highest BCUT2D eigenvalue weighted by atomic mass is 14.9. The third-order valence-electron chi connectivity index (χ3n) is 3.38. The van der Waals surface area contributed by atoms with Crippen LogP contribution in [0.25, 0.3) is 0 Å². The van der Waals surface area contributed by atoms with E-state index >= 15 is 0 Å². The summed E-state index contributed by atoms with van der Waals surface area (Å²) in [5.41, 5.74) is 5.81. The van der Waals surface area contributed by atoms with Gasteiger partial charge in [-0.25, -0.2) is 0 Å². The maximum Gasteiger partial charge on any atom is 0.00103 e. The van der Waals surface area contributed by atoms with Crippen LogP contribution < -0.4 is 5.32 Å². The van der Waals surface area contributed by atoms with Crippen LogP contribution >= 0.6 is 0 Å². The number of hydrogen-bond donors (Lipinski definition) is 1. The SMILES string of the molecule is Cc1cc(C)c(CCCCNC(C)C)cc1C. The molecule has 0 unspecified atom stereocenters. The fourth-order valence-corrected chi connectivity index (χ4v) is 2.12. The lowest BCUT2D eigenvalue weighted by molar-refractivity contribution is 0.557. The van der Waals surface area contributed by atoms with Gasteiger partial charge in [0.25, 0.3) is 0 Å². The van der Waals surface area contributed by atoms with Gasteiger partial charge in [-0.3, -0.25) is 0 Å². The summed E-state index contributed by atoms with van der Waals surface area (Å²) in [5.74, 6) is 0. The normalized spacial score (nSPS) is 11.2. The Balaban J connectivity index is 2.39. The van der Waals surface area contributed by atoms with Gasteiger partial charge in [-0.1, -0.05) is 26.0 Å². The smallest absolute Gasteiger partial charge is 0.00103 e. The van der Waals surface area contributed by atoms with E-state index < -0.39 is 0 Å². The molecule has 1 aromatic rings. The van der Waals surface area contributed by atoms with Crippen molar-refractivity contribution >= 4 is 0 Å². The van der Waals surface area contributed by atoms with Gasteiger partial charge in [0.15, 0.2) is 0 Å². The summed E-state index contributed by atoms with van der Waals surface area (Å²) in [5, 5.41) is 3.47. The van der Waals surface area contributed by atoms with Crippen LogP contribution in [0.3, 0.4) is 0 Å². The molecule has 0 atom stereocenters. The third-order valence-corrected chi connectivity index (χ3v) is 3.38. The summed E-state index contributed by atoms with van der Waals surface area (Å²) in [6.07, 6.45) is 3.76. The van der Waals surface area contributed by atoms with Crippen molar-refractivity contribution in [2.45, 2.75) is 59.9 Å². The first kappa shape index (κ1) is 14.2. The van der Waals surface area contributed by atoms with E-state index in [9.17, 15) is 0 Å². The standard InChI is InChI=1S/C16H27N/c1-12(2)17-9-7-6-8-16-11-14(4)13(3)10-15(16)5/h10-12,17H,6-9H2,1-5H3. The van der Waals surface area contributed by atoms with Gasteiger partial charge in [0.05, 0.1) is 0 Å². The van der Waals surface area contributed by atoms with Crippen molar-refractivity contribution in [1.82, 2.24) is 5.32 Å². The van der Waals surface area contributed by atoms with Gasteiger partial charge in [-0.15, -0.1) is 0 Å². The van der Waals surface area contributed by atoms with Gasteiger partial charge in [0.2, 0.25) is 0 Å². The van der Waals surface area contributed by atoms with Gasteiger partial charge < -0.3 is 5.32 Å². The molecule has 0 bridgehead atoms. The highest BCUT2D eigenvalue weighted by molar-refractivity contribution is 5.36. The summed E-state index contributed by atoms with van der Waals surface area (Å²) < 4.78 is 0. The molecule has 1 rings (SSSR count). The first-order valence-electron chi connectivity index (χ1n) is 6.81. The Hall–Kier alpha value is -0.820. The molecular formula is C16H27N. The van der Waals surface area contributed by atoms with Crippen molar-refractivity contribution in [2.24, 2.45) is 0 Å². The maximum atomic E-state index is 3.47. The molecule has 0 aliphatic rings.